The van der Waals surface area contributed by atoms with Gasteiger partial charge in [0, 0.05) is 32.5 Å². The number of imidazole rings is 1. The van der Waals surface area contributed by atoms with Crippen LogP contribution in [0.25, 0.3) is 5.69 Å². The maximum atomic E-state index is 14.6. The number of aryl methyl sites for hydroxylation is 2. The van der Waals surface area contributed by atoms with Gasteiger partial charge in [-0.25, -0.2) is 9.37 Å². The highest BCUT2D eigenvalue weighted by atomic mass is 127. The number of nitrogens with one attached hydrogen (secondary N) is 2. The van der Waals surface area contributed by atoms with Crippen molar-refractivity contribution in [3.63, 3.8) is 0 Å². The predicted octanol–water partition coefficient (Wildman–Crippen LogP) is 4.16. The lowest BCUT2D eigenvalue weighted by atomic mass is 10.1. The molecule has 0 atom stereocenters. The van der Waals surface area contributed by atoms with Crippen molar-refractivity contribution in [1.82, 2.24) is 20.2 Å². The normalized spacial score (nSPS) is 11.1. The van der Waals surface area contributed by atoms with Gasteiger partial charge in [0.2, 0.25) is 0 Å². The first-order valence-corrected chi connectivity index (χ1v) is 9.88. The molecule has 3 rings (SSSR count). The molecule has 1 aromatic heterocycles. The third-order valence-electron chi connectivity index (χ3n) is 4.90. The molecule has 3 aromatic rings. The third-order valence-corrected chi connectivity index (χ3v) is 4.90. The van der Waals surface area contributed by atoms with E-state index in [2.05, 4.69) is 33.6 Å². The van der Waals surface area contributed by atoms with Gasteiger partial charge in [-0.1, -0.05) is 23.8 Å². The highest BCUT2D eigenvalue weighted by Crippen LogP contribution is 2.20. The molecule has 8 heteroatoms. The van der Waals surface area contributed by atoms with Crippen molar-refractivity contribution in [3.05, 3.63) is 77.1 Å². The van der Waals surface area contributed by atoms with Crippen LogP contribution in [0.5, 0.6) is 5.75 Å². The first-order chi connectivity index (χ1) is 14.5. The summed E-state index contributed by atoms with van der Waals surface area (Å²) < 4.78 is 21.7. The maximum Gasteiger partial charge on any atom is 0.191 e. The van der Waals surface area contributed by atoms with Crippen LogP contribution in [0.15, 0.2) is 53.8 Å². The molecule has 2 N–H and O–H groups in total. The van der Waals surface area contributed by atoms with Crippen molar-refractivity contribution in [2.75, 3.05) is 20.7 Å². The number of hydrogen-bond acceptors (Lipinski definition) is 3. The van der Waals surface area contributed by atoms with Crippen LogP contribution in [0.2, 0.25) is 0 Å². The van der Waals surface area contributed by atoms with Crippen molar-refractivity contribution in [1.29, 1.82) is 0 Å². The number of guanidine groups is 1. The van der Waals surface area contributed by atoms with Crippen LogP contribution >= 0.6 is 24.0 Å². The minimum atomic E-state index is -0.287. The number of halogens is 2. The Morgan fingerprint density at radius 2 is 1.97 bits per heavy atom. The molecule has 0 radical (unpaired) electrons. The Labute approximate surface area is 200 Å². The first kappa shape index (κ1) is 24.6. The Morgan fingerprint density at radius 1 is 1.16 bits per heavy atom. The molecule has 0 aliphatic heterocycles. The lowest BCUT2D eigenvalue weighted by Gasteiger charge is -2.14. The summed E-state index contributed by atoms with van der Waals surface area (Å²) in [6.45, 7) is 5.08. The van der Waals surface area contributed by atoms with Gasteiger partial charge < -0.3 is 19.9 Å². The molecule has 6 nitrogen and oxygen atoms in total. The van der Waals surface area contributed by atoms with E-state index in [4.69, 9.17) is 4.74 Å². The second-order valence-electron chi connectivity index (χ2n) is 7.05. The topological polar surface area (TPSA) is 63.5 Å². The predicted molar refractivity (Wildman–Crippen MR) is 133 cm³/mol. The summed E-state index contributed by atoms with van der Waals surface area (Å²) in [6, 6.07) is 11.3. The SMILES string of the molecule is CN=C(NCCc1cc(C)ccc1OC)NCc1ccc(-n2ccnc2C)c(F)c1.I. The summed E-state index contributed by atoms with van der Waals surface area (Å²) >= 11 is 0. The van der Waals surface area contributed by atoms with Crippen molar-refractivity contribution in [3.8, 4) is 11.4 Å². The molecule has 0 bridgehead atoms. The highest BCUT2D eigenvalue weighted by molar-refractivity contribution is 14.0. The number of rotatable bonds is 7. The fourth-order valence-electron chi connectivity index (χ4n) is 3.31. The Bertz CT molecular complexity index is 1030. The minimum Gasteiger partial charge on any atom is -0.496 e. The zero-order valence-electron chi connectivity index (χ0n) is 18.3. The number of aliphatic imine (C=N–C) groups is 1. The fourth-order valence-corrected chi connectivity index (χ4v) is 3.31. The van der Waals surface area contributed by atoms with E-state index in [0.717, 1.165) is 29.1 Å². The quantitative estimate of drug-likeness (QED) is 0.270. The van der Waals surface area contributed by atoms with Crippen molar-refractivity contribution >= 4 is 29.9 Å². The summed E-state index contributed by atoms with van der Waals surface area (Å²) in [5.41, 5.74) is 3.67. The second-order valence-corrected chi connectivity index (χ2v) is 7.05. The summed E-state index contributed by atoms with van der Waals surface area (Å²) in [6.07, 6.45) is 4.21. The highest BCUT2D eigenvalue weighted by Gasteiger charge is 2.09. The van der Waals surface area contributed by atoms with E-state index in [-0.39, 0.29) is 29.8 Å². The van der Waals surface area contributed by atoms with Gasteiger partial charge in [-0.05, 0) is 49.6 Å². The van der Waals surface area contributed by atoms with Crippen LogP contribution in [-0.2, 0) is 13.0 Å². The summed E-state index contributed by atoms with van der Waals surface area (Å²) in [5, 5.41) is 6.52. The molecule has 0 spiro atoms. The molecule has 0 unspecified atom stereocenters. The second kappa shape index (κ2) is 11.7. The van der Waals surface area contributed by atoms with E-state index in [1.165, 1.54) is 11.6 Å². The average Bonchev–Trinajstić information content (AvgIpc) is 3.16. The van der Waals surface area contributed by atoms with Gasteiger partial charge in [0.25, 0.3) is 0 Å². The lowest BCUT2D eigenvalue weighted by molar-refractivity contribution is 0.409. The van der Waals surface area contributed by atoms with Crippen LogP contribution < -0.4 is 15.4 Å². The van der Waals surface area contributed by atoms with E-state index in [1.807, 2.05) is 25.1 Å². The molecular formula is C23H29FIN5O. The molecule has 31 heavy (non-hydrogen) atoms. The van der Waals surface area contributed by atoms with Gasteiger partial charge in [-0.2, -0.15) is 0 Å². The third kappa shape index (κ3) is 6.43. The summed E-state index contributed by atoms with van der Waals surface area (Å²) in [5.74, 6) is 2.00. The number of methoxy groups -OCH3 is 1. The van der Waals surface area contributed by atoms with Crippen LogP contribution in [0.1, 0.15) is 22.5 Å². The lowest BCUT2D eigenvalue weighted by Crippen LogP contribution is -2.37. The maximum absolute atomic E-state index is 14.6. The smallest absolute Gasteiger partial charge is 0.191 e. The van der Waals surface area contributed by atoms with Gasteiger partial charge in [-0.3, -0.25) is 4.99 Å². The largest absolute Gasteiger partial charge is 0.496 e. The molecule has 166 valence electrons. The van der Waals surface area contributed by atoms with Crippen LogP contribution in [0.4, 0.5) is 4.39 Å². The zero-order valence-corrected chi connectivity index (χ0v) is 20.6. The standard InChI is InChI=1S/C23H28FN5O.HI/c1-16-5-8-22(30-4)19(13-16)9-10-27-23(25-3)28-15-18-6-7-21(20(24)14-18)29-12-11-26-17(29)2;/h5-8,11-14H,9-10,15H2,1-4H3,(H2,25,27,28);1H. The molecule has 0 saturated carbocycles. The molecule has 0 saturated heterocycles. The van der Waals surface area contributed by atoms with Gasteiger partial charge in [0.05, 0.1) is 12.8 Å². The van der Waals surface area contributed by atoms with E-state index < -0.39 is 0 Å². The number of nitrogens with zero attached hydrogens (tertiary/aromatic N) is 3. The average molecular weight is 537 g/mol. The van der Waals surface area contributed by atoms with Crippen molar-refractivity contribution < 1.29 is 9.13 Å². The van der Waals surface area contributed by atoms with Crippen molar-refractivity contribution in [2.45, 2.75) is 26.8 Å². The monoisotopic (exact) mass is 537 g/mol. The van der Waals surface area contributed by atoms with Gasteiger partial charge in [0.1, 0.15) is 17.4 Å². The minimum absolute atomic E-state index is 0. The van der Waals surface area contributed by atoms with Gasteiger partial charge >= 0.3 is 0 Å². The fraction of sp³-hybridized carbons (Fsp3) is 0.304. The number of aromatic nitrogens is 2. The molecule has 2 aromatic carbocycles. The number of hydrogen-bond donors (Lipinski definition) is 2. The Kier molecular flexibility index (Phi) is 9.29. The molecule has 0 aliphatic rings. The van der Waals surface area contributed by atoms with Crippen LogP contribution in [0, 0.1) is 19.7 Å². The van der Waals surface area contributed by atoms with Crippen LogP contribution in [0.3, 0.4) is 0 Å². The van der Waals surface area contributed by atoms with E-state index >= 15 is 0 Å². The van der Waals surface area contributed by atoms with Crippen LogP contribution in [-0.4, -0.2) is 36.2 Å². The van der Waals surface area contributed by atoms with E-state index in [1.54, 1.807) is 37.2 Å². The van der Waals surface area contributed by atoms with Crippen molar-refractivity contribution in [2.24, 2.45) is 4.99 Å². The van der Waals surface area contributed by atoms with Gasteiger partial charge in [-0.15, -0.1) is 24.0 Å². The Hall–Kier alpha value is -2.62. The molecule has 1 heterocycles. The first-order valence-electron chi connectivity index (χ1n) is 9.88. The summed E-state index contributed by atoms with van der Waals surface area (Å²) in [4.78, 5) is 8.39. The molecular weight excluding hydrogens is 508 g/mol. The van der Waals surface area contributed by atoms with E-state index in [0.29, 0.717) is 24.7 Å². The number of benzene rings is 2. The zero-order chi connectivity index (χ0) is 21.5. The Morgan fingerprint density at radius 3 is 2.61 bits per heavy atom. The number of ether oxygens (including phenoxy) is 1. The van der Waals surface area contributed by atoms with E-state index in [9.17, 15) is 4.39 Å². The van der Waals surface area contributed by atoms with Gasteiger partial charge in [0.15, 0.2) is 5.96 Å². The molecule has 0 fully saturated rings. The molecule has 0 aliphatic carbocycles. The Balaban J connectivity index is 0.00000341. The summed E-state index contributed by atoms with van der Waals surface area (Å²) in [7, 11) is 3.40. The molecule has 0 amide bonds.